The fourth-order valence-corrected chi connectivity index (χ4v) is 3.36. The Balaban J connectivity index is 2.34. The molecule has 0 aromatic heterocycles. The number of hydrogen-bond donors (Lipinski definition) is 1. The van der Waals surface area contributed by atoms with E-state index in [1.165, 1.54) is 10.6 Å². The van der Waals surface area contributed by atoms with Gasteiger partial charge < -0.3 is 0 Å². The maximum Gasteiger partial charge on any atom is 0.272 e. The van der Waals surface area contributed by atoms with Crippen molar-refractivity contribution in [1.82, 2.24) is 10.4 Å². The lowest BCUT2D eigenvalue weighted by atomic mass is 9.99. The number of rotatable bonds is 4. The van der Waals surface area contributed by atoms with Crippen LogP contribution in [0.2, 0.25) is 0 Å². The van der Waals surface area contributed by atoms with Crippen LogP contribution in [0.3, 0.4) is 0 Å². The second-order valence-corrected chi connectivity index (χ2v) is 8.32. The van der Waals surface area contributed by atoms with E-state index in [0.717, 1.165) is 29.5 Å². The lowest BCUT2D eigenvalue weighted by Gasteiger charge is -2.35. The van der Waals surface area contributed by atoms with Crippen molar-refractivity contribution < 1.29 is 9.59 Å². The van der Waals surface area contributed by atoms with Gasteiger partial charge in [0.1, 0.15) is 0 Å². The van der Waals surface area contributed by atoms with Crippen LogP contribution in [0.5, 0.6) is 0 Å². The van der Waals surface area contributed by atoms with Crippen molar-refractivity contribution >= 4 is 11.8 Å². The molecule has 4 heteroatoms. The lowest BCUT2D eigenvalue weighted by Crippen LogP contribution is -2.55. The standard InChI is InChI=1S/C24H32N2O2/c1-8-18-10-11-20(15-19(18)9-2)22(27)25-26(24(5,6)7)23(28)21-13-16(3)12-17(4)14-21/h10-15H,8-9H2,1-7H3,(H,25,27). The van der Waals surface area contributed by atoms with Crippen LogP contribution >= 0.6 is 0 Å². The molecule has 1 N–H and O–H groups in total. The summed E-state index contributed by atoms with van der Waals surface area (Å²) in [6.07, 6.45) is 1.80. The quantitative estimate of drug-likeness (QED) is 0.758. The number of nitrogens with zero attached hydrogens (tertiary/aromatic N) is 1. The number of carbonyl (C=O) groups is 2. The van der Waals surface area contributed by atoms with Crippen LogP contribution in [0.15, 0.2) is 36.4 Å². The van der Waals surface area contributed by atoms with Gasteiger partial charge in [0, 0.05) is 11.1 Å². The average Bonchev–Trinajstić information content (AvgIpc) is 2.63. The molecule has 0 bridgehead atoms. The Labute approximate surface area is 168 Å². The summed E-state index contributed by atoms with van der Waals surface area (Å²) >= 11 is 0. The van der Waals surface area contributed by atoms with Crippen LogP contribution in [0, 0.1) is 13.8 Å². The molecule has 2 rings (SSSR count). The molecule has 0 spiro atoms. The first kappa shape index (κ1) is 21.7. The SMILES string of the molecule is CCc1ccc(C(=O)NN(C(=O)c2cc(C)cc(C)c2)C(C)(C)C)cc1CC. The minimum atomic E-state index is -0.568. The Morgan fingerprint density at radius 3 is 1.93 bits per heavy atom. The third kappa shape index (κ3) is 5.00. The fraction of sp³-hybridized carbons (Fsp3) is 0.417. The Hall–Kier alpha value is -2.62. The number of aryl methyl sites for hydroxylation is 4. The van der Waals surface area contributed by atoms with E-state index >= 15 is 0 Å². The highest BCUT2D eigenvalue weighted by Gasteiger charge is 2.30. The van der Waals surface area contributed by atoms with Crippen LogP contribution < -0.4 is 5.43 Å². The number of benzene rings is 2. The molecule has 0 fully saturated rings. The van der Waals surface area contributed by atoms with Gasteiger partial charge in [0.25, 0.3) is 11.8 Å². The van der Waals surface area contributed by atoms with Crippen molar-refractivity contribution in [3.63, 3.8) is 0 Å². The van der Waals surface area contributed by atoms with E-state index in [9.17, 15) is 9.59 Å². The zero-order valence-electron chi connectivity index (χ0n) is 18.1. The van der Waals surface area contributed by atoms with Crippen molar-refractivity contribution in [3.05, 3.63) is 69.8 Å². The first-order chi connectivity index (χ1) is 13.1. The van der Waals surface area contributed by atoms with E-state index in [-0.39, 0.29) is 11.8 Å². The van der Waals surface area contributed by atoms with Crippen LogP contribution in [0.1, 0.15) is 77.6 Å². The number of amides is 2. The van der Waals surface area contributed by atoms with Crippen molar-refractivity contribution in [2.45, 2.75) is 66.8 Å². The Bertz CT molecular complexity index is 858. The van der Waals surface area contributed by atoms with E-state index < -0.39 is 5.54 Å². The Kier molecular flexibility index (Phi) is 6.65. The van der Waals surface area contributed by atoms with Crippen molar-refractivity contribution in [2.24, 2.45) is 0 Å². The van der Waals surface area contributed by atoms with Gasteiger partial charge in [-0.05, 0) is 82.9 Å². The van der Waals surface area contributed by atoms with Gasteiger partial charge in [-0.15, -0.1) is 0 Å². The number of carbonyl (C=O) groups excluding carboxylic acids is 2. The molecule has 0 saturated heterocycles. The molecule has 2 amide bonds. The normalized spacial score (nSPS) is 11.2. The van der Waals surface area contributed by atoms with Crippen molar-refractivity contribution in [1.29, 1.82) is 0 Å². The number of hydrazine groups is 1. The van der Waals surface area contributed by atoms with Gasteiger partial charge in [-0.1, -0.05) is 37.1 Å². The van der Waals surface area contributed by atoms with Crippen LogP contribution in [-0.4, -0.2) is 22.4 Å². The fourth-order valence-electron chi connectivity index (χ4n) is 3.36. The molecule has 28 heavy (non-hydrogen) atoms. The summed E-state index contributed by atoms with van der Waals surface area (Å²) in [5.74, 6) is -0.487. The Morgan fingerprint density at radius 1 is 0.857 bits per heavy atom. The molecular formula is C24H32N2O2. The molecule has 0 aliphatic carbocycles. The molecule has 0 atom stereocenters. The van der Waals surface area contributed by atoms with E-state index in [2.05, 4.69) is 19.3 Å². The topological polar surface area (TPSA) is 49.4 Å². The zero-order valence-corrected chi connectivity index (χ0v) is 18.1. The monoisotopic (exact) mass is 380 g/mol. The molecule has 0 aliphatic rings. The highest BCUT2D eigenvalue weighted by atomic mass is 16.2. The molecule has 150 valence electrons. The van der Waals surface area contributed by atoms with Gasteiger partial charge in [-0.25, -0.2) is 5.01 Å². The predicted octanol–water partition coefficient (Wildman–Crippen LogP) is 5.01. The average molecular weight is 381 g/mol. The van der Waals surface area contributed by atoms with E-state index in [1.54, 1.807) is 0 Å². The minimum Gasteiger partial charge on any atom is -0.267 e. The zero-order chi connectivity index (χ0) is 21.1. The van der Waals surface area contributed by atoms with Crippen LogP contribution in [-0.2, 0) is 12.8 Å². The summed E-state index contributed by atoms with van der Waals surface area (Å²) in [6.45, 7) is 13.8. The lowest BCUT2D eigenvalue weighted by molar-refractivity contribution is 0.0358. The molecule has 0 aliphatic heterocycles. The Morgan fingerprint density at radius 2 is 1.43 bits per heavy atom. The molecule has 2 aromatic rings. The molecule has 0 unspecified atom stereocenters. The third-order valence-corrected chi connectivity index (χ3v) is 4.79. The first-order valence-electron chi connectivity index (χ1n) is 9.92. The van der Waals surface area contributed by atoms with E-state index in [1.807, 2.05) is 71.0 Å². The molecular weight excluding hydrogens is 348 g/mol. The highest BCUT2D eigenvalue weighted by Crippen LogP contribution is 2.19. The van der Waals surface area contributed by atoms with Gasteiger partial charge in [0.05, 0.1) is 5.54 Å². The molecule has 0 heterocycles. The van der Waals surface area contributed by atoms with Crippen molar-refractivity contribution in [2.75, 3.05) is 0 Å². The largest absolute Gasteiger partial charge is 0.272 e. The highest BCUT2D eigenvalue weighted by molar-refractivity contribution is 5.99. The summed E-state index contributed by atoms with van der Waals surface area (Å²) in [5, 5.41) is 1.43. The van der Waals surface area contributed by atoms with Gasteiger partial charge in [-0.3, -0.25) is 15.0 Å². The summed E-state index contributed by atoms with van der Waals surface area (Å²) in [4.78, 5) is 26.1. The molecule has 0 saturated carbocycles. The van der Waals surface area contributed by atoms with Crippen LogP contribution in [0.4, 0.5) is 0 Å². The van der Waals surface area contributed by atoms with E-state index in [4.69, 9.17) is 0 Å². The van der Waals surface area contributed by atoms with Gasteiger partial charge >= 0.3 is 0 Å². The van der Waals surface area contributed by atoms with E-state index in [0.29, 0.717) is 11.1 Å². The smallest absolute Gasteiger partial charge is 0.267 e. The third-order valence-electron chi connectivity index (χ3n) is 4.79. The second-order valence-electron chi connectivity index (χ2n) is 8.32. The molecule has 4 nitrogen and oxygen atoms in total. The molecule has 2 aromatic carbocycles. The summed E-state index contributed by atoms with van der Waals surface area (Å²) in [6, 6.07) is 11.5. The maximum atomic E-state index is 13.2. The second kappa shape index (κ2) is 8.59. The summed E-state index contributed by atoms with van der Waals surface area (Å²) in [5.41, 5.74) is 7.87. The first-order valence-corrected chi connectivity index (χ1v) is 9.92. The van der Waals surface area contributed by atoms with Gasteiger partial charge in [-0.2, -0.15) is 0 Å². The summed E-state index contributed by atoms with van der Waals surface area (Å²) in [7, 11) is 0. The minimum absolute atomic E-state index is 0.214. The maximum absolute atomic E-state index is 13.2. The number of nitrogens with one attached hydrogen (secondary N) is 1. The summed E-state index contributed by atoms with van der Waals surface area (Å²) < 4.78 is 0. The van der Waals surface area contributed by atoms with Crippen LogP contribution in [0.25, 0.3) is 0 Å². The number of hydrogen-bond acceptors (Lipinski definition) is 2. The predicted molar refractivity (Wildman–Crippen MR) is 115 cm³/mol. The van der Waals surface area contributed by atoms with Gasteiger partial charge in [0.2, 0.25) is 0 Å². The van der Waals surface area contributed by atoms with Gasteiger partial charge in [0.15, 0.2) is 0 Å². The van der Waals surface area contributed by atoms with Crippen molar-refractivity contribution in [3.8, 4) is 0 Å². The molecule has 0 radical (unpaired) electrons.